The van der Waals surface area contributed by atoms with Crippen molar-refractivity contribution >= 4 is 37.5 Å². The highest BCUT2D eigenvalue weighted by Crippen LogP contribution is 2.39. The molecule has 16 heavy (non-hydrogen) atoms. The van der Waals surface area contributed by atoms with Crippen molar-refractivity contribution in [1.82, 2.24) is 0 Å². The molecule has 0 spiro atoms. The minimum Gasteiger partial charge on any atom is -0.258 e. The minimum atomic E-state index is -0.311. The quantitative estimate of drug-likeness (QED) is 0.467. The van der Waals surface area contributed by atoms with Gasteiger partial charge in [0.2, 0.25) is 0 Å². The maximum absolute atomic E-state index is 10.9. The molecule has 0 amide bonds. The Morgan fingerprint density at radius 2 is 2.19 bits per heavy atom. The second kappa shape index (κ2) is 4.84. The molecule has 1 aliphatic carbocycles. The van der Waals surface area contributed by atoms with Crippen molar-refractivity contribution in [1.29, 1.82) is 0 Å². The zero-order chi connectivity index (χ0) is 11.7. The van der Waals surface area contributed by atoms with Crippen LogP contribution in [-0.2, 0) is 6.42 Å². The molecular weight excluding hydrogens is 338 g/mol. The van der Waals surface area contributed by atoms with Gasteiger partial charge in [0.1, 0.15) is 0 Å². The van der Waals surface area contributed by atoms with Crippen molar-refractivity contribution in [3.05, 3.63) is 38.3 Å². The molecule has 0 radical (unpaired) electrons. The van der Waals surface area contributed by atoms with E-state index in [9.17, 15) is 10.1 Å². The van der Waals surface area contributed by atoms with E-state index < -0.39 is 0 Å². The van der Waals surface area contributed by atoms with Gasteiger partial charge in [0, 0.05) is 20.9 Å². The van der Waals surface area contributed by atoms with E-state index >= 15 is 0 Å². The highest BCUT2D eigenvalue weighted by atomic mass is 79.9. The van der Waals surface area contributed by atoms with Crippen molar-refractivity contribution in [2.24, 2.45) is 5.92 Å². The monoisotopic (exact) mass is 347 g/mol. The molecule has 1 fully saturated rings. The van der Waals surface area contributed by atoms with Gasteiger partial charge in [-0.3, -0.25) is 10.1 Å². The maximum Gasteiger partial charge on any atom is 0.272 e. The largest absolute Gasteiger partial charge is 0.272 e. The van der Waals surface area contributed by atoms with E-state index in [1.807, 2.05) is 6.07 Å². The summed E-state index contributed by atoms with van der Waals surface area (Å²) in [5.41, 5.74) is 1.02. The van der Waals surface area contributed by atoms with E-state index in [1.165, 1.54) is 12.8 Å². The van der Waals surface area contributed by atoms with Gasteiger partial charge in [0.15, 0.2) is 0 Å². The smallest absolute Gasteiger partial charge is 0.258 e. The predicted octanol–water partition coefficient (Wildman–Crippen LogP) is 4.07. The summed E-state index contributed by atoms with van der Waals surface area (Å²) >= 11 is 6.96. The van der Waals surface area contributed by atoms with Crippen molar-refractivity contribution in [3.63, 3.8) is 0 Å². The van der Waals surface area contributed by atoms with E-state index in [-0.39, 0.29) is 10.6 Å². The summed E-state index contributed by atoms with van der Waals surface area (Å²) in [5, 5.41) is 10.9. The van der Waals surface area contributed by atoms with Crippen molar-refractivity contribution in [2.45, 2.75) is 24.1 Å². The van der Waals surface area contributed by atoms with Gasteiger partial charge in [-0.1, -0.05) is 31.9 Å². The maximum atomic E-state index is 10.9. The Bertz CT molecular complexity index is 418. The molecule has 1 unspecified atom stereocenters. The summed E-state index contributed by atoms with van der Waals surface area (Å²) < 4.78 is 0.892. The Kier molecular flexibility index (Phi) is 3.64. The average Bonchev–Trinajstić information content (AvgIpc) is 2.99. The van der Waals surface area contributed by atoms with Gasteiger partial charge < -0.3 is 0 Å². The first-order valence-electron chi connectivity index (χ1n) is 5.15. The number of nitrogens with zero attached hydrogens (tertiary/aromatic N) is 1. The van der Waals surface area contributed by atoms with Gasteiger partial charge in [-0.2, -0.15) is 0 Å². The molecule has 0 aromatic heterocycles. The third-order valence-corrected chi connectivity index (χ3v) is 4.35. The molecule has 0 heterocycles. The van der Waals surface area contributed by atoms with E-state index in [4.69, 9.17) is 0 Å². The van der Waals surface area contributed by atoms with E-state index in [0.29, 0.717) is 10.7 Å². The molecule has 0 N–H and O–H groups in total. The molecule has 5 heteroatoms. The first-order valence-corrected chi connectivity index (χ1v) is 6.85. The number of nitro benzene ring substituents is 1. The van der Waals surface area contributed by atoms with Crippen LogP contribution in [0.4, 0.5) is 5.69 Å². The van der Waals surface area contributed by atoms with Crippen LogP contribution in [0.2, 0.25) is 0 Å². The molecule has 1 atom stereocenters. The number of alkyl halides is 1. The molecule has 1 saturated carbocycles. The number of hydrogen-bond donors (Lipinski definition) is 0. The number of rotatable bonds is 4. The topological polar surface area (TPSA) is 43.1 Å². The van der Waals surface area contributed by atoms with Crippen LogP contribution >= 0.6 is 31.9 Å². The van der Waals surface area contributed by atoms with E-state index in [1.54, 1.807) is 12.1 Å². The minimum absolute atomic E-state index is 0.216. The molecule has 0 saturated heterocycles. The van der Waals surface area contributed by atoms with E-state index in [0.717, 1.165) is 16.5 Å². The third-order valence-electron chi connectivity index (χ3n) is 2.79. The molecule has 2 rings (SSSR count). The lowest BCUT2D eigenvalue weighted by Crippen LogP contribution is -2.07. The van der Waals surface area contributed by atoms with Crippen LogP contribution < -0.4 is 0 Å². The summed E-state index contributed by atoms with van der Waals surface area (Å²) in [6.07, 6.45) is 3.19. The first kappa shape index (κ1) is 12.0. The Balaban J connectivity index is 2.22. The number of hydrogen-bond acceptors (Lipinski definition) is 2. The zero-order valence-corrected chi connectivity index (χ0v) is 11.7. The van der Waals surface area contributed by atoms with Gasteiger partial charge in [0.05, 0.1) is 4.92 Å². The Morgan fingerprint density at radius 1 is 1.50 bits per heavy atom. The summed E-state index contributed by atoms with van der Waals surface area (Å²) in [7, 11) is 0. The summed E-state index contributed by atoms with van der Waals surface area (Å²) in [6, 6.07) is 5.11. The third kappa shape index (κ3) is 2.83. The first-order chi connectivity index (χ1) is 7.58. The van der Waals surface area contributed by atoms with Gasteiger partial charge in [0.25, 0.3) is 5.69 Å². The van der Waals surface area contributed by atoms with Crippen LogP contribution in [0.15, 0.2) is 22.7 Å². The molecule has 1 aliphatic rings. The second-order valence-corrected chi connectivity index (χ2v) is 6.18. The normalized spacial score (nSPS) is 17.1. The lowest BCUT2D eigenvalue weighted by atomic mass is 10.1. The molecule has 3 nitrogen and oxygen atoms in total. The average molecular weight is 349 g/mol. The fraction of sp³-hybridized carbons (Fsp3) is 0.455. The molecule has 1 aromatic carbocycles. The van der Waals surface area contributed by atoms with Crippen molar-refractivity contribution in [3.8, 4) is 0 Å². The van der Waals surface area contributed by atoms with Gasteiger partial charge in [-0.05, 0) is 37.3 Å². The highest BCUT2D eigenvalue weighted by Gasteiger charge is 2.30. The van der Waals surface area contributed by atoms with Gasteiger partial charge >= 0.3 is 0 Å². The SMILES string of the molecule is O=[N+]([O-])c1ccc(Br)cc1CC(Br)C1CC1. The standard InChI is InChI=1S/C11H11Br2NO2/c12-9-3-4-11(14(15)16)8(5-9)6-10(13)7-1-2-7/h3-5,7,10H,1-2,6H2. The molecule has 86 valence electrons. The zero-order valence-electron chi connectivity index (χ0n) is 8.53. The Labute approximate surface area is 111 Å². The fourth-order valence-electron chi connectivity index (χ4n) is 1.73. The molecule has 0 aliphatic heterocycles. The van der Waals surface area contributed by atoms with Crippen LogP contribution in [0.3, 0.4) is 0 Å². The molecular formula is C11H11Br2NO2. The van der Waals surface area contributed by atoms with Crippen LogP contribution in [0.5, 0.6) is 0 Å². The Hall–Kier alpha value is -0.420. The van der Waals surface area contributed by atoms with Crippen molar-refractivity contribution in [2.75, 3.05) is 0 Å². The lowest BCUT2D eigenvalue weighted by Gasteiger charge is -2.08. The van der Waals surface area contributed by atoms with Crippen LogP contribution in [0.1, 0.15) is 18.4 Å². The fourth-order valence-corrected chi connectivity index (χ4v) is 3.02. The van der Waals surface area contributed by atoms with Gasteiger partial charge in [-0.25, -0.2) is 0 Å². The molecule has 0 bridgehead atoms. The summed E-state index contributed by atoms with van der Waals surface area (Å²) in [6.45, 7) is 0. The van der Waals surface area contributed by atoms with Crippen LogP contribution in [0, 0.1) is 16.0 Å². The lowest BCUT2D eigenvalue weighted by molar-refractivity contribution is -0.385. The van der Waals surface area contributed by atoms with E-state index in [2.05, 4.69) is 31.9 Å². The second-order valence-electron chi connectivity index (χ2n) is 4.09. The number of nitro groups is 1. The van der Waals surface area contributed by atoms with Crippen LogP contribution in [0.25, 0.3) is 0 Å². The summed E-state index contributed by atoms with van der Waals surface area (Å²) in [4.78, 5) is 10.9. The highest BCUT2D eigenvalue weighted by molar-refractivity contribution is 9.10. The Morgan fingerprint density at radius 3 is 2.75 bits per heavy atom. The number of halogens is 2. The van der Waals surface area contributed by atoms with Gasteiger partial charge in [-0.15, -0.1) is 0 Å². The predicted molar refractivity (Wildman–Crippen MR) is 69.9 cm³/mol. The van der Waals surface area contributed by atoms with Crippen LogP contribution in [-0.4, -0.2) is 9.75 Å². The number of benzene rings is 1. The van der Waals surface area contributed by atoms with Crippen molar-refractivity contribution < 1.29 is 4.92 Å². The molecule has 1 aromatic rings. The summed E-state index contributed by atoms with van der Waals surface area (Å²) in [5.74, 6) is 0.693.